The fraction of sp³-hybridized carbons (Fsp3) is 0.600. The molecule has 0 amide bonds. The SMILES string of the molecule is CC1C([O-])=CN1C. The Bertz CT molecular complexity index is 109. The first-order valence-electron chi connectivity index (χ1n) is 2.32. The summed E-state index contributed by atoms with van der Waals surface area (Å²) in [5.41, 5.74) is 0. The standard InChI is InChI=1S/C5H9NO/c1-4-5(7)3-6(4)2/h3-4,7H,1-2H3/p-1. The number of hydrogen-bond donors (Lipinski definition) is 0. The van der Waals surface area contributed by atoms with Gasteiger partial charge in [-0.25, -0.2) is 0 Å². The van der Waals surface area contributed by atoms with Gasteiger partial charge in [0.2, 0.25) is 0 Å². The molecule has 0 N–H and O–H groups in total. The minimum absolute atomic E-state index is 0.139. The first-order valence-corrected chi connectivity index (χ1v) is 2.32. The zero-order valence-electron chi connectivity index (χ0n) is 4.51. The summed E-state index contributed by atoms with van der Waals surface area (Å²) in [6.45, 7) is 1.89. The second-order valence-electron chi connectivity index (χ2n) is 1.87. The van der Waals surface area contributed by atoms with Crippen molar-refractivity contribution in [1.82, 2.24) is 4.90 Å². The molecule has 0 saturated heterocycles. The topological polar surface area (TPSA) is 26.3 Å². The van der Waals surface area contributed by atoms with E-state index in [1.54, 1.807) is 6.20 Å². The predicted molar refractivity (Wildman–Crippen MR) is 25.3 cm³/mol. The van der Waals surface area contributed by atoms with Crippen molar-refractivity contribution in [2.75, 3.05) is 7.05 Å². The summed E-state index contributed by atoms with van der Waals surface area (Å²) >= 11 is 0. The average molecular weight is 98.1 g/mol. The monoisotopic (exact) mass is 98.1 g/mol. The van der Waals surface area contributed by atoms with Crippen molar-refractivity contribution < 1.29 is 5.11 Å². The van der Waals surface area contributed by atoms with Crippen LogP contribution in [0.1, 0.15) is 6.92 Å². The van der Waals surface area contributed by atoms with Crippen molar-refractivity contribution in [1.29, 1.82) is 0 Å². The third kappa shape index (κ3) is 0.463. The molecule has 2 nitrogen and oxygen atoms in total. The second-order valence-corrected chi connectivity index (χ2v) is 1.87. The molecule has 1 rings (SSSR count). The van der Waals surface area contributed by atoms with Crippen LogP contribution in [0.25, 0.3) is 0 Å². The van der Waals surface area contributed by atoms with Gasteiger partial charge >= 0.3 is 0 Å². The molecule has 0 aromatic heterocycles. The van der Waals surface area contributed by atoms with Gasteiger partial charge in [-0.15, -0.1) is 0 Å². The molecule has 1 aliphatic heterocycles. The van der Waals surface area contributed by atoms with Gasteiger partial charge in [-0.3, -0.25) is 0 Å². The molecular weight excluding hydrogens is 90.1 g/mol. The Balaban J connectivity index is 2.57. The van der Waals surface area contributed by atoms with Crippen molar-refractivity contribution in [2.45, 2.75) is 13.0 Å². The molecule has 2 heteroatoms. The van der Waals surface area contributed by atoms with Gasteiger partial charge in [0.1, 0.15) is 0 Å². The lowest BCUT2D eigenvalue weighted by Crippen LogP contribution is -2.41. The van der Waals surface area contributed by atoms with Crippen LogP contribution in [0.4, 0.5) is 0 Å². The minimum Gasteiger partial charge on any atom is -0.873 e. The Kier molecular flexibility index (Phi) is 0.741. The van der Waals surface area contributed by atoms with Crippen molar-refractivity contribution >= 4 is 0 Å². The van der Waals surface area contributed by atoms with Crippen LogP contribution >= 0.6 is 0 Å². The van der Waals surface area contributed by atoms with Crippen LogP contribution in [-0.4, -0.2) is 18.0 Å². The number of likely N-dealkylation sites (N-methyl/N-ethyl adjacent to an activating group) is 1. The lowest BCUT2D eigenvalue weighted by molar-refractivity contribution is -0.324. The van der Waals surface area contributed by atoms with E-state index >= 15 is 0 Å². The quantitative estimate of drug-likeness (QED) is 0.409. The van der Waals surface area contributed by atoms with Crippen LogP contribution in [0.3, 0.4) is 0 Å². The molecule has 7 heavy (non-hydrogen) atoms. The number of rotatable bonds is 0. The zero-order valence-corrected chi connectivity index (χ0v) is 4.51. The van der Waals surface area contributed by atoms with E-state index in [4.69, 9.17) is 0 Å². The smallest absolute Gasteiger partial charge is 0.0379 e. The van der Waals surface area contributed by atoms with Crippen molar-refractivity contribution in [2.24, 2.45) is 0 Å². The lowest BCUT2D eigenvalue weighted by Gasteiger charge is -2.39. The van der Waals surface area contributed by atoms with Gasteiger partial charge in [-0.1, -0.05) is 5.76 Å². The highest BCUT2D eigenvalue weighted by molar-refractivity contribution is 5.09. The summed E-state index contributed by atoms with van der Waals surface area (Å²) < 4.78 is 0. The summed E-state index contributed by atoms with van der Waals surface area (Å²) in [6, 6.07) is 0.139. The molecule has 1 heterocycles. The fourth-order valence-corrected chi connectivity index (χ4v) is 0.539. The van der Waals surface area contributed by atoms with Crippen LogP contribution in [0.2, 0.25) is 0 Å². The van der Waals surface area contributed by atoms with E-state index < -0.39 is 0 Å². The molecule has 0 aromatic rings. The summed E-state index contributed by atoms with van der Waals surface area (Å²) in [4.78, 5) is 1.89. The van der Waals surface area contributed by atoms with E-state index in [2.05, 4.69) is 0 Å². The van der Waals surface area contributed by atoms with Crippen LogP contribution in [0, 0.1) is 0 Å². The molecule has 0 spiro atoms. The molecule has 0 aromatic carbocycles. The van der Waals surface area contributed by atoms with Gasteiger partial charge in [-0.2, -0.15) is 0 Å². The molecule has 1 unspecified atom stereocenters. The van der Waals surface area contributed by atoms with Crippen molar-refractivity contribution in [3.63, 3.8) is 0 Å². The normalized spacial score (nSPS) is 29.1. The Morgan fingerprint density at radius 1 is 1.86 bits per heavy atom. The van der Waals surface area contributed by atoms with Crippen molar-refractivity contribution in [3.05, 3.63) is 12.0 Å². The maximum Gasteiger partial charge on any atom is 0.0379 e. The van der Waals surface area contributed by atoms with Gasteiger partial charge in [-0.05, 0) is 13.1 Å². The van der Waals surface area contributed by atoms with Crippen LogP contribution in [0.5, 0.6) is 0 Å². The van der Waals surface area contributed by atoms with Gasteiger partial charge in [0.15, 0.2) is 0 Å². The summed E-state index contributed by atoms with van der Waals surface area (Å²) in [7, 11) is 1.89. The van der Waals surface area contributed by atoms with Gasteiger partial charge in [0.05, 0.1) is 0 Å². The Morgan fingerprint density at radius 3 is 2.43 bits per heavy atom. The van der Waals surface area contributed by atoms with Crippen LogP contribution < -0.4 is 5.11 Å². The van der Waals surface area contributed by atoms with E-state index in [1.165, 1.54) is 0 Å². The highest BCUT2D eigenvalue weighted by atomic mass is 16.3. The summed E-state index contributed by atoms with van der Waals surface area (Å²) in [5, 5.41) is 10.3. The highest BCUT2D eigenvalue weighted by Crippen LogP contribution is 2.13. The highest BCUT2D eigenvalue weighted by Gasteiger charge is 2.11. The van der Waals surface area contributed by atoms with Gasteiger partial charge in [0.25, 0.3) is 0 Å². The van der Waals surface area contributed by atoms with E-state index in [0.717, 1.165) is 0 Å². The molecule has 40 valence electrons. The van der Waals surface area contributed by atoms with Gasteiger partial charge < -0.3 is 10.0 Å². The third-order valence-corrected chi connectivity index (χ3v) is 1.35. The maximum atomic E-state index is 10.3. The molecule has 0 bridgehead atoms. The van der Waals surface area contributed by atoms with Crippen LogP contribution in [-0.2, 0) is 0 Å². The number of hydrogen-bond acceptors (Lipinski definition) is 2. The molecule has 0 fully saturated rings. The van der Waals surface area contributed by atoms with E-state index in [-0.39, 0.29) is 11.8 Å². The third-order valence-electron chi connectivity index (χ3n) is 1.35. The Morgan fingerprint density at radius 2 is 2.43 bits per heavy atom. The minimum atomic E-state index is 0.139. The molecule has 0 saturated carbocycles. The average Bonchev–Trinajstić information content (AvgIpc) is 1.68. The van der Waals surface area contributed by atoms with Crippen LogP contribution in [0.15, 0.2) is 12.0 Å². The predicted octanol–water partition coefficient (Wildman–Crippen LogP) is -0.478. The summed E-state index contributed by atoms with van der Waals surface area (Å²) in [5.74, 6) is 0.238. The molecule has 1 atom stereocenters. The first-order chi connectivity index (χ1) is 3.22. The lowest BCUT2D eigenvalue weighted by atomic mass is 10.2. The Hall–Kier alpha value is -0.660. The fourth-order valence-electron chi connectivity index (χ4n) is 0.539. The Labute approximate surface area is 43.1 Å². The van der Waals surface area contributed by atoms with E-state index in [0.29, 0.717) is 0 Å². The molecule has 0 radical (unpaired) electrons. The number of nitrogens with zero attached hydrogens (tertiary/aromatic N) is 1. The van der Waals surface area contributed by atoms with Gasteiger partial charge in [0, 0.05) is 13.1 Å². The molecule has 0 aliphatic carbocycles. The summed E-state index contributed by atoms with van der Waals surface area (Å²) in [6.07, 6.45) is 1.60. The molecular formula is C5H8NO-. The second kappa shape index (κ2) is 1.15. The largest absolute Gasteiger partial charge is 0.873 e. The van der Waals surface area contributed by atoms with E-state index in [9.17, 15) is 5.11 Å². The van der Waals surface area contributed by atoms with E-state index in [1.807, 2.05) is 18.9 Å². The molecule has 1 aliphatic rings. The van der Waals surface area contributed by atoms with Crippen molar-refractivity contribution in [3.8, 4) is 0 Å². The maximum absolute atomic E-state index is 10.3. The first kappa shape index (κ1) is 4.50. The zero-order chi connectivity index (χ0) is 5.44.